The zero-order valence-electron chi connectivity index (χ0n) is 19.0. The molecule has 0 radical (unpaired) electrons. The van der Waals surface area contributed by atoms with Gasteiger partial charge in [0, 0.05) is 34.7 Å². The Kier molecular flexibility index (Phi) is 15.7. The quantitative estimate of drug-likeness (QED) is 0.241. The highest BCUT2D eigenvalue weighted by Gasteiger charge is 2.32. The molecule has 0 fully saturated rings. The summed E-state index contributed by atoms with van der Waals surface area (Å²) in [5.74, 6) is -0.0471. The van der Waals surface area contributed by atoms with Crippen LogP contribution in [0.4, 0.5) is 14.4 Å². The first-order valence-corrected chi connectivity index (χ1v) is 10.4. The van der Waals surface area contributed by atoms with E-state index in [0.29, 0.717) is 38.5 Å². The topological polar surface area (TPSA) is 141 Å². The van der Waals surface area contributed by atoms with Gasteiger partial charge < -0.3 is 34.9 Å². The SMILES string of the molecule is CNC(=O)OCCCC(CCCOC(=O)NC)(CCCOC(=O)NC)CC(=O)COC. The lowest BCUT2D eigenvalue weighted by molar-refractivity contribution is -0.125. The molecule has 180 valence electrons. The van der Waals surface area contributed by atoms with Gasteiger partial charge >= 0.3 is 18.3 Å². The van der Waals surface area contributed by atoms with E-state index in [-0.39, 0.29) is 38.6 Å². The van der Waals surface area contributed by atoms with E-state index in [4.69, 9.17) is 18.9 Å². The monoisotopic (exact) mass is 447 g/mol. The smallest absolute Gasteiger partial charge is 0.406 e. The molecule has 31 heavy (non-hydrogen) atoms. The Morgan fingerprint density at radius 3 is 1.32 bits per heavy atom. The Labute approximate surface area is 183 Å². The summed E-state index contributed by atoms with van der Waals surface area (Å²) in [6.45, 7) is 0.635. The predicted octanol–water partition coefficient (Wildman–Crippen LogP) is 1.99. The average molecular weight is 448 g/mol. The summed E-state index contributed by atoms with van der Waals surface area (Å²) >= 11 is 0. The zero-order valence-corrected chi connectivity index (χ0v) is 19.0. The molecule has 0 aromatic heterocycles. The van der Waals surface area contributed by atoms with E-state index >= 15 is 0 Å². The number of hydrogen-bond acceptors (Lipinski definition) is 8. The summed E-state index contributed by atoms with van der Waals surface area (Å²) in [4.78, 5) is 46.3. The van der Waals surface area contributed by atoms with Crippen LogP contribution < -0.4 is 16.0 Å². The second-order valence-electron chi connectivity index (χ2n) is 7.12. The molecule has 0 aromatic rings. The molecule has 0 heterocycles. The normalized spacial score (nSPS) is 10.7. The van der Waals surface area contributed by atoms with Gasteiger partial charge in [-0.1, -0.05) is 0 Å². The molecule has 0 rings (SSSR count). The number of methoxy groups -OCH3 is 1. The Balaban J connectivity index is 5.12. The minimum absolute atomic E-state index is 0.0000279. The summed E-state index contributed by atoms with van der Waals surface area (Å²) in [6, 6.07) is 0. The van der Waals surface area contributed by atoms with Gasteiger partial charge in [0.1, 0.15) is 6.61 Å². The molecule has 0 bridgehead atoms. The van der Waals surface area contributed by atoms with Crippen LogP contribution in [0.3, 0.4) is 0 Å². The van der Waals surface area contributed by atoms with Crippen LogP contribution in [0.5, 0.6) is 0 Å². The van der Waals surface area contributed by atoms with Crippen molar-refractivity contribution in [3.63, 3.8) is 0 Å². The van der Waals surface area contributed by atoms with Crippen LogP contribution in [-0.4, -0.2) is 78.7 Å². The van der Waals surface area contributed by atoms with Gasteiger partial charge in [-0.25, -0.2) is 14.4 Å². The number of nitrogens with one attached hydrogen (secondary N) is 3. The zero-order chi connectivity index (χ0) is 23.5. The van der Waals surface area contributed by atoms with Gasteiger partial charge in [0.25, 0.3) is 0 Å². The lowest BCUT2D eigenvalue weighted by atomic mass is 9.72. The van der Waals surface area contributed by atoms with E-state index in [1.165, 1.54) is 28.3 Å². The summed E-state index contributed by atoms with van der Waals surface area (Å²) < 4.78 is 20.2. The van der Waals surface area contributed by atoms with E-state index in [0.717, 1.165) is 0 Å². The van der Waals surface area contributed by atoms with E-state index in [1.807, 2.05) is 0 Å². The maximum absolute atomic E-state index is 12.4. The van der Waals surface area contributed by atoms with Crippen LogP contribution in [0.1, 0.15) is 44.9 Å². The number of carbonyl (C=O) groups is 4. The fourth-order valence-electron chi connectivity index (χ4n) is 3.32. The van der Waals surface area contributed by atoms with Gasteiger partial charge in [0.2, 0.25) is 0 Å². The number of hydrogen-bond donors (Lipinski definition) is 3. The maximum atomic E-state index is 12.4. The number of ether oxygens (including phenoxy) is 4. The van der Waals surface area contributed by atoms with E-state index in [2.05, 4.69) is 16.0 Å². The maximum Gasteiger partial charge on any atom is 0.406 e. The molecule has 0 saturated carbocycles. The molecule has 0 aliphatic carbocycles. The number of carbonyl (C=O) groups excluding carboxylic acids is 4. The summed E-state index contributed by atoms with van der Waals surface area (Å²) in [6.07, 6.45) is 2.22. The van der Waals surface area contributed by atoms with E-state index < -0.39 is 23.7 Å². The Hall–Kier alpha value is -2.56. The summed E-state index contributed by atoms with van der Waals surface area (Å²) in [5.41, 5.74) is -0.431. The lowest BCUT2D eigenvalue weighted by Crippen LogP contribution is -2.29. The Bertz CT molecular complexity index is 497. The number of Topliss-reactive ketones (excluding diaryl/α,β-unsaturated/α-hetero) is 1. The highest BCUT2D eigenvalue weighted by molar-refractivity contribution is 5.80. The van der Waals surface area contributed by atoms with Crippen molar-refractivity contribution in [2.24, 2.45) is 5.41 Å². The third-order valence-electron chi connectivity index (χ3n) is 4.74. The molecule has 3 amide bonds. The molecule has 0 atom stereocenters. The highest BCUT2D eigenvalue weighted by atomic mass is 16.6. The van der Waals surface area contributed by atoms with Crippen LogP contribution in [0.15, 0.2) is 0 Å². The van der Waals surface area contributed by atoms with E-state index in [1.54, 1.807) is 0 Å². The second-order valence-corrected chi connectivity index (χ2v) is 7.12. The van der Waals surface area contributed by atoms with Gasteiger partial charge in [-0.15, -0.1) is 0 Å². The summed E-state index contributed by atoms with van der Waals surface area (Å²) in [7, 11) is 5.91. The van der Waals surface area contributed by atoms with Gasteiger partial charge in [-0.3, -0.25) is 4.79 Å². The number of amides is 3. The first-order chi connectivity index (χ1) is 14.8. The lowest BCUT2D eigenvalue weighted by Gasteiger charge is -2.34. The largest absolute Gasteiger partial charge is 0.450 e. The van der Waals surface area contributed by atoms with Gasteiger partial charge in [0.15, 0.2) is 5.78 Å². The minimum Gasteiger partial charge on any atom is -0.450 e. The third-order valence-corrected chi connectivity index (χ3v) is 4.74. The second kappa shape index (κ2) is 17.2. The molecule has 0 spiro atoms. The molecule has 0 aliphatic rings. The number of rotatable bonds is 16. The van der Waals surface area contributed by atoms with Crippen LogP contribution in [0, 0.1) is 5.41 Å². The Morgan fingerprint density at radius 1 is 0.677 bits per heavy atom. The van der Waals surface area contributed by atoms with Crippen molar-refractivity contribution in [3.05, 3.63) is 0 Å². The predicted molar refractivity (Wildman–Crippen MR) is 113 cm³/mol. The number of alkyl carbamates (subject to hydrolysis) is 3. The molecule has 0 saturated heterocycles. The molecule has 11 heteroatoms. The highest BCUT2D eigenvalue weighted by Crippen LogP contribution is 2.39. The fourth-order valence-corrected chi connectivity index (χ4v) is 3.32. The first-order valence-electron chi connectivity index (χ1n) is 10.4. The van der Waals surface area contributed by atoms with Crippen molar-refractivity contribution >= 4 is 24.1 Å². The molecule has 0 unspecified atom stereocenters. The van der Waals surface area contributed by atoms with Crippen molar-refractivity contribution < 1.29 is 38.1 Å². The minimum atomic E-state index is -0.515. The molecular weight excluding hydrogens is 410 g/mol. The third kappa shape index (κ3) is 14.1. The summed E-state index contributed by atoms with van der Waals surface area (Å²) in [5, 5.41) is 7.16. The van der Waals surface area contributed by atoms with Crippen molar-refractivity contribution in [3.8, 4) is 0 Å². The van der Waals surface area contributed by atoms with Gasteiger partial charge in [-0.2, -0.15) is 0 Å². The van der Waals surface area contributed by atoms with Crippen LogP contribution >= 0.6 is 0 Å². The molecule has 3 N–H and O–H groups in total. The number of ketones is 1. The van der Waals surface area contributed by atoms with Crippen LogP contribution in [0.25, 0.3) is 0 Å². The van der Waals surface area contributed by atoms with Crippen molar-refractivity contribution in [2.75, 3.05) is 54.7 Å². The molecule has 11 nitrogen and oxygen atoms in total. The first kappa shape index (κ1) is 28.4. The van der Waals surface area contributed by atoms with Crippen LogP contribution in [-0.2, 0) is 23.7 Å². The molecular formula is C20H37N3O8. The van der Waals surface area contributed by atoms with Crippen molar-refractivity contribution in [2.45, 2.75) is 44.9 Å². The standard InChI is InChI=1S/C20H37N3O8/c1-21-17(25)29-11-5-8-20(14-16(24)15-28-4,9-6-12-30-18(26)22-2)10-7-13-31-19(27)23-3/h5-15H2,1-4H3,(H,21,25)(H,22,26)(H,23,27). The molecule has 0 aromatic carbocycles. The average Bonchev–Trinajstić information content (AvgIpc) is 2.76. The van der Waals surface area contributed by atoms with Crippen molar-refractivity contribution in [1.82, 2.24) is 16.0 Å². The Morgan fingerprint density at radius 2 is 1.03 bits per heavy atom. The van der Waals surface area contributed by atoms with E-state index in [9.17, 15) is 19.2 Å². The fraction of sp³-hybridized carbons (Fsp3) is 0.800. The van der Waals surface area contributed by atoms with Crippen molar-refractivity contribution in [1.29, 1.82) is 0 Å². The van der Waals surface area contributed by atoms with Crippen LogP contribution in [0.2, 0.25) is 0 Å². The molecule has 0 aliphatic heterocycles. The van der Waals surface area contributed by atoms with Gasteiger partial charge in [0.05, 0.1) is 19.8 Å². The van der Waals surface area contributed by atoms with Gasteiger partial charge in [-0.05, 0) is 43.9 Å².